The molecule has 1 N–H and O–H groups in total. The highest BCUT2D eigenvalue weighted by Crippen LogP contribution is 2.33. The van der Waals surface area contributed by atoms with Gasteiger partial charge >= 0.3 is 0 Å². The Kier molecular flexibility index (Phi) is 6.34. The summed E-state index contributed by atoms with van der Waals surface area (Å²) in [5, 5.41) is 16.2. The molecule has 2 aromatic rings. The van der Waals surface area contributed by atoms with Gasteiger partial charge in [-0.15, -0.1) is 0 Å². The van der Waals surface area contributed by atoms with Crippen molar-refractivity contribution < 1.29 is 14.3 Å². The largest absolute Gasteiger partial charge is 0.493 e. The molecule has 0 aliphatic carbocycles. The molecular weight excluding hydrogens is 448 g/mol. The smallest absolute Gasteiger partial charge is 0.283 e. The van der Waals surface area contributed by atoms with Crippen LogP contribution >= 0.6 is 23.4 Å². The van der Waals surface area contributed by atoms with E-state index in [1.54, 1.807) is 31.4 Å². The molecule has 0 saturated carbocycles. The number of thioether (sulfide) groups is 1. The Labute approximate surface area is 195 Å². The average molecular weight is 469 g/mol. The summed E-state index contributed by atoms with van der Waals surface area (Å²) in [6.07, 6.45) is 1.61. The standard InChI is InChI=1S/C23H21ClN4O3S/c1-13(2)22-27-28-20(25)16(21(29)26-23(28)32-22)10-14-8-9-18(19(11-14)30-3)31-12-15-6-4-5-7-17(15)24/h4-11,13,25H,12H2,1-3H3. The number of hydrogen-bond donors (Lipinski definition) is 1. The number of halogens is 1. The molecule has 0 spiro atoms. The molecule has 2 aliphatic heterocycles. The van der Waals surface area contributed by atoms with Crippen molar-refractivity contribution in [2.75, 3.05) is 7.11 Å². The molecule has 0 aromatic heterocycles. The third-order valence-corrected chi connectivity index (χ3v) is 6.38. The Bertz CT molecular complexity index is 1190. The SMILES string of the molecule is COc1cc(C=C2C(=N)N3N=C(C(C)C)SC3=NC2=O)ccc1OCc1ccccc1Cl. The predicted molar refractivity (Wildman–Crippen MR) is 129 cm³/mol. The topological polar surface area (TPSA) is 87.3 Å². The van der Waals surface area contributed by atoms with Gasteiger partial charge in [0.25, 0.3) is 5.91 Å². The number of amidine groups is 2. The molecule has 0 saturated heterocycles. The van der Waals surface area contributed by atoms with Crippen molar-refractivity contribution in [3.05, 3.63) is 64.2 Å². The van der Waals surface area contributed by atoms with Gasteiger partial charge < -0.3 is 9.47 Å². The zero-order valence-electron chi connectivity index (χ0n) is 17.8. The van der Waals surface area contributed by atoms with Gasteiger partial charge in [0.15, 0.2) is 17.3 Å². The molecule has 164 valence electrons. The fraction of sp³-hybridized carbons (Fsp3) is 0.217. The van der Waals surface area contributed by atoms with Crippen molar-refractivity contribution in [1.82, 2.24) is 5.01 Å². The fourth-order valence-corrected chi connectivity index (χ4v) is 4.15. The number of nitrogens with zero attached hydrogens (tertiary/aromatic N) is 3. The maximum atomic E-state index is 12.6. The summed E-state index contributed by atoms with van der Waals surface area (Å²) in [6, 6.07) is 12.8. The number of nitrogens with one attached hydrogen (secondary N) is 1. The Hall–Kier alpha value is -3.10. The minimum absolute atomic E-state index is 0.00108. The predicted octanol–water partition coefficient (Wildman–Crippen LogP) is 5.20. The lowest BCUT2D eigenvalue weighted by molar-refractivity contribution is -0.114. The van der Waals surface area contributed by atoms with Crippen LogP contribution in [-0.2, 0) is 11.4 Å². The third-order valence-electron chi connectivity index (χ3n) is 4.80. The molecule has 1 amide bonds. The van der Waals surface area contributed by atoms with Crippen molar-refractivity contribution in [3.8, 4) is 11.5 Å². The molecule has 2 heterocycles. The normalized spacial score (nSPS) is 16.9. The van der Waals surface area contributed by atoms with Crippen LogP contribution in [0.3, 0.4) is 0 Å². The summed E-state index contributed by atoms with van der Waals surface area (Å²) < 4.78 is 11.4. The Morgan fingerprint density at radius 1 is 1.22 bits per heavy atom. The van der Waals surface area contributed by atoms with E-state index in [2.05, 4.69) is 10.1 Å². The number of hydrogen-bond acceptors (Lipinski definition) is 6. The number of fused-ring (bicyclic) bond motifs is 1. The van der Waals surface area contributed by atoms with Gasteiger partial charge in [0.2, 0.25) is 5.17 Å². The van der Waals surface area contributed by atoms with Crippen LogP contribution in [0, 0.1) is 11.3 Å². The van der Waals surface area contributed by atoms with Gasteiger partial charge in [0, 0.05) is 16.5 Å². The fourth-order valence-electron chi connectivity index (χ4n) is 3.07. The minimum atomic E-state index is -0.466. The number of rotatable bonds is 6. The van der Waals surface area contributed by atoms with E-state index in [4.69, 9.17) is 26.5 Å². The maximum Gasteiger partial charge on any atom is 0.283 e. The van der Waals surface area contributed by atoms with Crippen molar-refractivity contribution in [1.29, 1.82) is 5.41 Å². The number of aliphatic imine (C=N–C) groups is 1. The van der Waals surface area contributed by atoms with E-state index in [-0.39, 0.29) is 17.3 Å². The van der Waals surface area contributed by atoms with Crippen molar-refractivity contribution in [2.45, 2.75) is 20.5 Å². The molecule has 2 aliphatic rings. The maximum absolute atomic E-state index is 12.6. The van der Waals surface area contributed by atoms with Crippen LogP contribution in [0.2, 0.25) is 5.02 Å². The number of carbonyl (C=O) groups is 1. The van der Waals surface area contributed by atoms with E-state index in [1.807, 2.05) is 38.1 Å². The second-order valence-corrected chi connectivity index (χ2v) is 8.80. The second kappa shape index (κ2) is 9.18. The minimum Gasteiger partial charge on any atom is -0.493 e. The monoisotopic (exact) mass is 468 g/mol. The molecule has 0 fully saturated rings. The van der Waals surface area contributed by atoms with Crippen molar-refractivity contribution in [3.63, 3.8) is 0 Å². The number of amides is 1. The van der Waals surface area contributed by atoms with Gasteiger partial charge in [-0.1, -0.05) is 49.7 Å². The number of ether oxygens (including phenoxy) is 2. The van der Waals surface area contributed by atoms with E-state index < -0.39 is 5.91 Å². The van der Waals surface area contributed by atoms with Crippen LogP contribution in [0.5, 0.6) is 11.5 Å². The number of hydrazone groups is 1. The molecule has 0 radical (unpaired) electrons. The quantitative estimate of drug-likeness (QED) is 0.588. The molecule has 4 rings (SSSR count). The molecule has 32 heavy (non-hydrogen) atoms. The van der Waals surface area contributed by atoms with Crippen LogP contribution in [0.1, 0.15) is 25.0 Å². The van der Waals surface area contributed by atoms with Crippen LogP contribution < -0.4 is 9.47 Å². The second-order valence-electron chi connectivity index (χ2n) is 7.40. The highest BCUT2D eigenvalue weighted by atomic mass is 35.5. The van der Waals surface area contributed by atoms with Gasteiger partial charge in [0.1, 0.15) is 11.7 Å². The van der Waals surface area contributed by atoms with Crippen LogP contribution in [0.15, 0.2) is 58.1 Å². The van der Waals surface area contributed by atoms with Crippen molar-refractivity contribution in [2.24, 2.45) is 16.0 Å². The molecule has 0 atom stereocenters. The number of methoxy groups -OCH3 is 1. The van der Waals surface area contributed by atoms with E-state index in [9.17, 15) is 4.79 Å². The molecule has 0 bridgehead atoms. The van der Waals surface area contributed by atoms with Gasteiger partial charge in [-0.05, 0) is 41.6 Å². The van der Waals surface area contributed by atoms with Crippen LogP contribution in [0.4, 0.5) is 0 Å². The molecule has 0 unspecified atom stereocenters. The molecule has 2 aromatic carbocycles. The molecule has 7 nitrogen and oxygen atoms in total. The first-order chi connectivity index (χ1) is 15.4. The van der Waals surface area contributed by atoms with Gasteiger partial charge in [0.05, 0.1) is 12.7 Å². The Morgan fingerprint density at radius 3 is 2.72 bits per heavy atom. The lowest BCUT2D eigenvalue weighted by atomic mass is 10.1. The zero-order chi connectivity index (χ0) is 22.8. The van der Waals surface area contributed by atoms with E-state index in [0.29, 0.717) is 33.9 Å². The number of benzene rings is 2. The molecular formula is C23H21ClN4O3S. The van der Waals surface area contributed by atoms with E-state index in [0.717, 1.165) is 10.6 Å². The summed E-state index contributed by atoms with van der Waals surface area (Å²) in [4.78, 5) is 16.7. The molecule has 9 heteroatoms. The first-order valence-corrected chi connectivity index (χ1v) is 11.1. The van der Waals surface area contributed by atoms with Crippen LogP contribution in [0.25, 0.3) is 6.08 Å². The van der Waals surface area contributed by atoms with Gasteiger partial charge in [-0.2, -0.15) is 15.1 Å². The lowest BCUT2D eigenvalue weighted by Crippen LogP contribution is -2.35. The first-order valence-electron chi connectivity index (χ1n) is 9.91. The first kappa shape index (κ1) is 22.1. The Morgan fingerprint density at radius 2 is 2.00 bits per heavy atom. The third kappa shape index (κ3) is 4.42. The summed E-state index contributed by atoms with van der Waals surface area (Å²) in [7, 11) is 1.54. The lowest BCUT2D eigenvalue weighted by Gasteiger charge is -2.20. The summed E-state index contributed by atoms with van der Waals surface area (Å²) in [6.45, 7) is 4.31. The average Bonchev–Trinajstić information content (AvgIpc) is 3.21. The highest BCUT2D eigenvalue weighted by molar-refractivity contribution is 8.27. The van der Waals surface area contributed by atoms with E-state index in [1.165, 1.54) is 16.8 Å². The Balaban J connectivity index is 1.57. The highest BCUT2D eigenvalue weighted by Gasteiger charge is 2.36. The van der Waals surface area contributed by atoms with E-state index >= 15 is 0 Å². The summed E-state index contributed by atoms with van der Waals surface area (Å²) >= 11 is 7.52. The summed E-state index contributed by atoms with van der Waals surface area (Å²) in [5.74, 6) is 0.767. The van der Waals surface area contributed by atoms with Crippen molar-refractivity contribution >= 4 is 51.4 Å². The van der Waals surface area contributed by atoms with Gasteiger partial charge in [-0.25, -0.2) is 0 Å². The number of carbonyl (C=O) groups excluding carboxylic acids is 1. The van der Waals surface area contributed by atoms with Crippen LogP contribution in [-0.4, -0.2) is 34.1 Å². The summed E-state index contributed by atoms with van der Waals surface area (Å²) in [5.41, 5.74) is 1.70. The van der Waals surface area contributed by atoms with Gasteiger partial charge in [-0.3, -0.25) is 10.2 Å². The zero-order valence-corrected chi connectivity index (χ0v) is 19.3.